The van der Waals surface area contributed by atoms with Crippen molar-refractivity contribution in [2.24, 2.45) is 0 Å². The van der Waals surface area contributed by atoms with E-state index in [0.717, 1.165) is 32.6 Å². The van der Waals surface area contributed by atoms with E-state index in [0.29, 0.717) is 0 Å². The molecule has 3 rings (SSSR count). The normalized spacial score (nSPS) is 12.5. The third-order valence-electron chi connectivity index (χ3n) is 3.82. The first-order valence-electron chi connectivity index (χ1n) is 7.16. The Labute approximate surface area is 147 Å². The van der Waals surface area contributed by atoms with Crippen LogP contribution in [0.3, 0.4) is 0 Å². The first-order chi connectivity index (χ1) is 11.1. The van der Waals surface area contributed by atoms with E-state index in [2.05, 4.69) is 20.9 Å². The molecule has 0 radical (unpaired) electrons. The van der Waals surface area contributed by atoms with Gasteiger partial charge in [0, 0.05) is 10.2 Å². The largest absolute Gasteiger partial charge is 0.497 e. The van der Waals surface area contributed by atoms with Crippen LogP contribution in [0.15, 0.2) is 51.7 Å². The monoisotopic (exact) mass is 392 g/mol. The summed E-state index contributed by atoms with van der Waals surface area (Å²) >= 11 is 5.16. The number of imidazole rings is 1. The predicted octanol–water partition coefficient (Wildman–Crippen LogP) is 4.05. The summed E-state index contributed by atoms with van der Waals surface area (Å²) in [5, 5.41) is 0. The molecule has 1 unspecified atom stereocenters. The number of aromatic nitrogens is 2. The number of rotatable bonds is 5. The van der Waals surface area contributed by atoms with Crippen molar-refractivity contribution in [3.05, 3.63) is 63.0 Å². The van der Waals surface area contributed by atoms with Crippen molar-refractivity contribution in [1.82, 2.24) is 9.55 Å². The number of halogens is 1. The summed E-state index contributed by atoms with van der Waals surface area (Å²) in [7, 11) is 1.65. The summed E-state index contributed by atoms with van der Waals surface area (Å²) in [4.78, 5) is 15.5. The van der Waals surface area contributed by atoms with Crippen molar-refractivity contribution < 1.29 is 4.74 Å². The van der Waals surface area contributed by atoms with E-state index in [9.17, 15) is 4.79 Å². The lowest BCUT2D eigenvalue weighted by atomic mass is 10.1. The van der Waals surface area contributed by atoms with Crippen molar-refractivity contribution in [2.45, 2.75) is 6.04 Å². The van der Waals surface area contributed by atoms with Crippen molar-refractivity contribution in [3.8, 4) is 5.75 Å². The second-order valence-electron chi connectivity index (χ2n) is 5.21. The van der Waals surface area contributed by atoms with Crippen molar-refractivity contribution in [2.75, 3.05) is 19.1 Å². The van der Waals surface area contributed by atoms with Crippen LogP contribution in [0.1, 0.15) is 11.6 Å². The Morgan fingerprint density at radius 1 is 1.26 bits per heavy atom. The first kappa shape index (κ1) is 16.2. The van der Waals surface area contributed by atoms with Crippen LogP contribution in [-0.2, 0) is 0 Å². The molecular formula is C17H17BrN2O2S. The summed E-state index contributed by atoms with van der Waals surface area (Å²) in [5.74, 6) is 1.63. The van der Waals surface area contributed by atoms with Crippen LogP contribution in [0.2, 0.25) is 0 Å². The summed E-state index contributed by atoms with van der Waals surface area (Å²) in [5.41, 5.74) is 2.75. The molecular weight excluding hydrogens is 376 g/mol. The van der Waals surface area contributed by atoms with Gasteiger partial charge in [0.1, 0.15) is 5.75 Å². The van der Waals surface area contributed by atoms with Crippen LogP contribution in [0, 0.1) is 0 Å². The average molecular weight is 393 g/mol. The van der Waals surface area contributed by atoms with E-state index < -0.39 is 0 Å². The number of aromatic amines is 1. The molecule has 0 aliphatic carbocycles. The van der Waals surface area contributed by atoms with Crippen LogP contribution in [-0.4, -0.2) is 28.7 Å². The molecule has 120 valence electrons. The number of thioether (sulfide) groups is 1. The highest BCUT2D eigenvalue weighted by Crippen LogP contribution is 2.27. The number of benzene rings is 2. The zero-order valence-corrected chi connectivity index (χ0v) is 15.3. The Hall–Kier alpha value is -1.66. The molecule has 0 fully saturated rings. The van der Waals surface area contributed by atoms with Gasteiger partial charge in [0.25, 0.3) is 0 Å². The minimum atomic E-state index is -0.0898. The topological polar surface area (TPSA) is 47.0 Å². The molecule has 23 heavy (non-hydrogen) atoms. The van der Waals surface area contributed by atoms with Gasteiger partial charge in [-0.1, -0.05) is 28.1 Å². The third kappa shape index (κ3) is 3.19. The van der Waals surface area contributed by atoms with E-state index in [1.165, 1.54) is 0 Å². The fourth-order valence-electron chi connectivity index (χ4n) is 2.72. The molecule has 0 saturated carbocycles. The number of hydrogen-bond donors (Lipinski definition) is 1. The quantitative estimate of drug-likeness (QED) is 0.712. The molecule has 0 saturated heterocycles. The molecule has 6 heteroatoms. The van der Waals surface area contributed by atoms with Crippen molar-refractivity contribution in [3.63, 3.8) is 0 Å². The number of nitrogens with one attached hydrogen (secondary N) is 1. The summed E-state index contributed by atoms with van der Waals surface area (Å²) in [6, 6.07) is 13.7. The number of H-pyrrole nitrogens is 1. The molecule has 2 aromatic carbocycles. The van der Waals surface area contributed by atoms with Crippen LogP contribution in [0.5, 0.6) is 5.75 Å². The van der Waals surface area contributed by atoms with Crippen LogP contribution in [0.4, 0.5) is 0 Å². The number of ether oxygens (including phenoxy) is 1. The average Bonchev–Trinajstić information content (AvgIpc) is 2.87. The highest BCUT2D eigenvalue weighted by Gasteiger charge is 2.19. The number of methoxy groups -OCH3 is 1. The molecule has 0 amide bonds. The molecule has 0 aliphatic rings. The standard InChI is InChI=1S/C17H17BrN2O2S/c1-22-13-6-3-11(4-7-13)16(10-23-2)20-15-8-5-12(18)9-14(15)19-17(20)21/h3-9,16H,10H2,1-2H3,(H,19,21). The molecule has 1 heterocycles. The number of fused-ring (bicyclic) bond motifs is 1. The molecule has 0 aliphatic heterocycles. The zero-order valence-electron chi connectivity index (χ0n) is 12.9. The number of nitrogens with zero attached hydrogens (tertiary/aromatic N) is 1. The van der Waals surface area contributed by atoms with E-state index in [4.69, 9.17) is 4.74 Å². The maximum Gasteiger partial charge on any atom is 0.327 e. The minimum Gasteiger partial charge on any atom is -0.497 e. The van der Waals surface area contributed by atoms with Crippen LogP contribution < -0.4 is 10.4 Å². The molecule has 4 nitrogen and oxygen atoms in total. The van der Waals surface area contributed by atoms with E-state index in [1.807, 2.05) is 53.3 Å². The summed E-state index contributed by atoms with van der Waals surface area (Å²) < 4.78 is 8.00. The molecule has 1 aromatic heterocycles. The number of hydrogen-bond acceptors (Lipinski definition) is 3. The lowest BCUT2D eigenvalue weighted by Gasteiger charge is -2.18. The van der Waals surface area contributed by atoms with Crippen molar-refractivity contribution >= 4 is 38.7 Å². The van der Waals surface area contributed by atoms with E-state index in [-0.39, 0.29) is 11.7 Å². The fraction of sp³-hybridized carbons (Fsp3) is 0.235. The highest BCUT2D eigenvalue weighted by atomic mass is 79.9. The van der Waals surface area contributed by atoms with Crippen LogP contribution in [0.25, 0.3) is 11.0 Å². The molecule has 0 spiro atoms. The van der Waals surface area contributed by atoms with Gasteiger partial charge in [-0.3, -0.25) is 4.57 Å². The van der Waals surface area contributed by atoms with Gasteiger partial charge in [0.05, 0.1) is 24.2 Å². The van der Waals surface area contributed by atoms with Gasteiger partial charge >= 0.3 is 5.69 Å². The lowest BCUT2D eigenvalue weighted by molar-refractivity contribution is 0.414. The second kappa shape index (κ2) is 6.84. The summed E-state index contributed by atoms with van der Waals surface area (Å²) in [6.45, 7) is 0. The van der Waals surface area contributed by atoms with Gasteiger partial charge in [-0.2, -0.15) is 11.8 Å². The highest BCUT2D eigenvalue weighted by molar-refractivity contribution is 9.10. The van der Waals surface area contributed by atoms with Gasteiger partial charge in [-0.15, -0.1) is 0 Å². The smallest absolute Gasteiger partial charge is 0.327 e. The van der Waals surface area contributed by atoms with Crippen molar-refractivity contribution in [1.29, 1.82) is 0 Å². The Morgan fingerprint density at radius 2 is 2.00 bits per heavy atom. The predicted molar refractivity (Wildman–Crippen MR) is 99.8 cm³/mol. The minimum absolute atomic E-state index is 0.0293. The molecule has 1 atom stereocenters. The van der Waals surface area contributed by atoms with E-state index >= 15 is 0 Å². The Balaban J connectivity index is 2.14. The first-order valence-corrected chi connectivity index (χ1v) is 9.35. The molecule has 1 N–H and O–H groups in total. The van der Waals surface area contributed by atoms with Gasteiger partial charge in [0.15, 0.2) is 0 Å². The lowest BCUT2D eigenvalue weighted by Crippen LogP contribution is -2.24. The maximum atomic E-state index is 12.5. The van der Waals surface area contributed by atoms with Gasteiger partial charge in [0.2, 0.25) is 0 Å². The second-order valence-corrected chi connectivity index (χ2v) is 7.03. The Kier molecular flexibility index (Phi) is 4.82. The summed E-state index contributed by atoms with van der Waals surface area (Å²) in [6.07, 6.45) is 2.05. The Bertz CT molecular complexity index is 870. The Morgan fingerprint density at radius 3 is 2.65 bits per heavy atom. The van der Waals surface area contributed by atoms with Gasteiger partial charge in [-0.05, 0) is 42.2 Å². The molecule has 3 aromatic rings. The fourth-order valence-corrected chi connectivity index (χ4v) is 3.73. The van der Waals surface area contributed by atoms with Gasteiger partial charge < -0.3 is 9.72 Å². The molecule has 0 bridgehead atoms. The zero-order chi connectivity index (χ0) is 16.4. The van der Waals surface area contributed by atoms with Crippen LogP contribution >= 0.6 is 27.7 Å². The maximum absolute atomic E-state index is 12.5. The van der Waals surface area contributed by atoms with Gasteiger partial charge in [-0.25, -0.2) is 4.79 Å². The SMILES string of the molecule is COc1ccc(C(CSC)n2c(=O)[nH]c3cc(Br)ccc32)cc1. The van der Waals surface area contributed by atoms with E-state index in [1.54, 1.807) is 18.9 Å². The third-order valence-corrected chi connectivity index (χ3v) is 4.96.